The largest absolute Gasteiger partial charge is 0.357 e. The van der Waals surface area contributed by atoms with Crippen LogP contribution in [0.3, 0.4) is 0 Å². The van der Waals surface area contributed by atoms with Crippen molar-refractivity contribution in [1.29, 1.82) is 0 Å². The molecule has 0 aliphatic heterocycles. The monoisotopic (exact) mass is 233 g/mol. The molecule has 3 nitrogen and oxygen atoms in total. The summed E-state index contributed by atoms with van der Waals surface area (Å²) in [5.41, 5.74) is 2.67. The number of guanidine groups is 1. The highest BCUT2D eigenvalue weighted by atomic mass is 15.3. The first kappa shape index (κ1) is 13.6. The van der Waals surface area contributed by atoms with Gasteiger partial charge in [0.1, 0.15) is 0 Å². The molecule has 0 aromatic heterocycles. The van der Waals surface area contributed by atoms with Crippen molar-refractivity contribution in [3.63, 3.8) is 0 Å². The highest BCUT2D eigenvalue weighted by molar-refractivity contribution is 5.79. The molecule has 0 atom stereocenters. The number of aliphatic imine (C=N–C) groups is 1. The molecule has 17 heavy (non-hydrogen) atoms. The molecule has 0 aliphatic rings. The molecule has 0 heterocycles. The van der Waals surface area contributed by atoms with Gasteiger partial charge in [-0.1, -0.05) is 24.3 Å². The Hall–Kier alpha value is -1.51. The predicted octanol–water partition coefficient (Wildman–Crippen LogP) is 2.41. The van der Waals surface area contributed by atoms with Gasteiger partial charge in [0.05, 0.1) is 0 Å². The van der Waals surface area contributed by atoms with Crippen LogP contribution in [0.1, 0.15) is 25.0 Å². The number of hydrogen-bond acceptors (Lipinski definition) is 1. The van der Waals surface area contributed by atoms with Crippen LogP contribution < -0.4 is 5.32 Å². The van der Waals surface area contributed by atoms with Gasteiger partial charge in [0.25, 0.3) is 0 Å². The lowest BCUT2D eigenvalue weighted by atomic mass is 10.1. The van der Waals surface area contributed by atoms with E-state index in [0.29, 0.717) is 0 Å². The summed E-state index contributed by atoms with van der Waals surface area (Å²) in [6.45, 7) is 8.88. The molecule has 0 spiro atoms. The van der Waals surface area contributed by atoms with Crippen molar-refractivity contribution in [2.75, 3.05) is 20.1 Å². The number of aryl methyl sites for hydroxylation is 1. The molecule has 0 bridgehead atoms. The average Bonchev–Trinajstić information content (AvgIpc) is 2.32. The van der Waals surface area contributed by atoms with Crippen LogP contribution in [0.4, 0.5) is 0 Å². The SMILES string of the molecule is CCN=C(NCC)N(C)Cc1ccccc1C. The Morgan fingerprint density at radius 2 is 2.00 bits per heavy atom. The third-order valence-corrected chi connectivity index (χ3v) is 2.67. The Balaban J connectivity index is 2.73. The van der Waals surface area contributed by atoms with E-state index in [-0.39, 0.29) is 0 Å². The van der Waals surface area contributed by atoms with Crippen molar-refractivity contribution in [1.82, 2.24) is 10.2 Å². The Morgan fingerprint density at radius 3 is 2.59 bits per heavy atom. The van der Waals surface area contributed by atoms with Crippen molar-refractivity contribution in [2.24, 2.45) is 4.99 Å². The van der Waals surface area contributed by atoms with Gasteiger partial charge in [-0.2, -0.15) is 0 Å². The smallest absolute Gasteiger partial charge is 0.193 e. The van der Waals surface area contributed by atoms with Crippen LogP contribution in [0.5, 0.6) is 0 Å². The van der Waals surface area contributed by atoms with Crippen molar-refractivity contribution in [3.05, 3.63) is 35.4 Å². The molecule has 0 radical (unpaired) electrons. The normalized spacial score (nSPS) is 11.4. The molecule has 94 valence electrons. The number of benzene rings is 1. The second-order valence-electron chi connectivity index (χ2n) is 4.11. The van der Waals surface area contributed by atoms with Crippen molar-refractivity contribution in [3.8, 4) is 0 Å². The van der Waals surface area contributed by atoms with Gasteiger partial charge >= 0.3 is 0 Å². The fourth-order valence-corrected chi connectivity index (χ4v) is 1.74. The fourth-order valence-electron chi connectivity index (χ4n) is 1.74. The van der Waals surface area contributed by atoms with Gasteiger partial charge in [-0.25, -0.2) is 0 Å². The molecule has 0 unspecified atom stereocenters. The lowest BCUT2D eigenvalue weighted by Gasteiger charge is -2.22. The number of hydrogen-bond donors (Lipinski definition) is 1. The van der Waals surface area contributed by atoms with E-state index in [0.717, 1.165) is 25.6 Å². The molecule has 0 amide bonds. The topological polar surface area (TPSA) is 27.6 Å². The van der Waals surface area contributed by atoms with Crippen molar-refractivity contribution >= 4 is 5.96 Å². The second kappa shape index (κ2) is 6.94. The summed E-state index contributed by atoms with van der Waals surface area (Å²) in [6, 6.07) is 8.47. The summed E-state index contributed by atoms with van der Waals surface area (Å²) < 4.78 is 0. The van der Waals surface area contributed by atoms with Crippen LogP contribution in [-0.4, -0.2) is 31.0 Å². The first-order valence-corrected chi connectivity index (χ1v) is 6.23. The van der Waals surface area contributed by atoms with Crippen LogP contribution >= 0.6 is 0 Å². The molecule has 1 rings (SSSR count). The van der Waals surface area contributed by atoms with Crippen LogP contribution in [0.25, 0.3) is 0 Å². The fraction of sp³-hybridized carbons (Fsp3) is 0.500. The minimum absolute atomic E-state index is 0.806. The molecule has 0 saturated heterocycles. The highest BCUT2D eigenvalue weighted by Crippen LogP contribution is 2.09. The van der Waals surface area contributed by atoms with Crippen LogP contribution in [0, 0.1) is 6.92 Å². The number of rotatable bonds is 4. The second-order valence-corrected chi connectivity index (χ2v) is 4.11. The van der Waals surface area contributed by atoms with E-state index in [1.165, 1.54) is 11.1 Å². The molecule has 0 aliphatic carbocycles. The Kier molecular flexibility index (Phi) is 5.53. The summed E-state index contributed by atoms with van der Waals surface area (Å²) in [5.74, 6) is 0.971. The van der Waals surface area contributed by atoms with E-state index in [1.54, 1.807) is 0 Å². The number of nitrogens with one attached hydrogen (secondary N) is 1. The van der Waals surface area contributed by atoms with Crippen molar-refractivity contribution < 1.29 is 0 Å². The lowest BCUT2D eigenvalue weighted by molar-refractivity contribution is 0.476. The van der Waals surface area contributed by atoms with E-state index in [4.69, 9.17) is 0 Å². The number of nitrogens with zero attached hydrogens (tertiary/aromatic N) is 2. The molecule has 0 saturated carbocycles. The van der Waals surface area contributed by atoms with Crippen LogP contribution in [0.2, 0.25) is 0 Å². The van der Waals surface area contributed by atoms with Crippen molar-refractivity contribution in [2.45, 2.75) is 27.3 Å². The van der Waals surface area contributed by atoms with E-state index in [1.807, 2.05) is 0 Å². The summed E-state index contributed by atoms with van der Waals surface area (Å²) in [5, 5.41) is 3.30. The van der Waals surface area contributed by atoms with E-state index in [2.05, 4.69) is 67.3 Å². The standard InChI is InChI=1S/C14H23N3/c1-5-15-14(16-6-2)17(4)11-13-10-8-7-9-12(13)3/h7-10H,5-6,11H2,1-4H3,(H,15,16). The Morgan fingerprint density at radius 1 is 1.29 bits per heavy atom. The predicted molar refractivity (Wildman–Crippen MR) is 74.3 cm³/mol. The molecule has 1 N–H and O–H groups in total. The first-order valence-electron chi connectivity index (χ1n) is 6.23. The zero-order chi connectivity index (χ0) is 12.7. The Labute approximate surface area is 105 Å². The van der Waals surface area contributed by atoms with Gasteiger partial charge in [0.2, 0.25) is 0 Å². The third kappa shape index (κ3) is 4.10. The maximum absolute atomic E-state index is 4.47. The van der Waals surface area contributed by atoms with Gasteiger partial charge in [0, 0.05) is 26.7 Å². The zero-order valence-corrected chi connectivity index (χ0v) is 11.3. The molecular formula is C14H23N3. The van der Waals surface area contributed by atoms with Gasteiger partial charge in [-0.05, 0) is 31.9 Å². The molecule has 1 aromatic rings. The van der Waals surface area contributed by atoms with Gasteiger partial charge in [-0.3, -0.25) is 4.99 Å². The lowest BCUT2D eigenvalue weighted by Crippen LogP contribution is -2.38. The van der Waals surface area contributed by atoms with E-state index < -0.39 is 0 Å². The zero-order valence-electron chi connectivity index (χ0n) is 11.3. The molecule has 3 heteroatoms. The average molecular weight is 233 g/mol. The quantitative estimate of drug-likeness (QED) is 0.639. The summed E-state index contributed by atoms with van der Waals surface area (Å²) in [6.07, 6.45) is 0. The summed E-state index contributed by atoms with van der Waals surface area (Å²) in [4.78, 5) is 6.63. The minimum atomic E-state index is 0.806. The Bertz CT molecular complexity index is 371. The molecule has 0 fully saturated rings. The summed E-state index contributed by atoms with van der Waals surface area (Å²) in [7, 11) is 2.07. The highest BCUT2D eigenvalue weighted by Gasteiger charge is 2.06. The maximum atomic E-state index is 4.47. The maximum Gasteiger partial charge on any atom is 0.193 e. The van der Waals surface area contributed by atoms with Crippen LogP contribution in [-0.2, 0) is 6.54 Å². The molecular weight excluding hydrogens is 210 g/mol. The first-order chi connectivity index (χ1) is 8.19. The minimum Gasteiger partial charge on any atom is -0.357 e. The van der Waals surface area contributed by atoms with Gasteiger partial charge < -0.3 is 10.2 Å². The van der Waals surface area contributed by atoms with Crippen LogP contribution in [0.15, 0.2) is 29.3 Å². The van der Waals surface area contributed by atoms with E-state index in [9.17, 15) is 0 Å². The van der Waals surface area contributed by atoms with E-state index >= 15 is 0 Å². The van der Waals surface area contributed by atoms with Gasteiger partial charge in [0.15, 0.2) is 5.96 Å². The molecule has 1 aromatic carbocycles. The third-order valence-electron chi connectivity index (χ3n) is 2.67. The van der Waals surface area contributed by atoms with Gasteiger partial charge in [-0.15, -0.1) is 0 Å². The summed E-state index contributed by atoms with van der Waals surface area (Å²) >= 11 is 0.